The van der Waals surface area contributed by atoms with Gasteiger partial charge in [-0.3, -0.25) is 4.98 Å². The molecule has 0 saturated carbocycles. The van der Waals surface area contributed by atoms with E-state index in [0.29, 0.717) is 5.88 Å². The SMILES string of the molecule is c1cnc2cc(-n3cccn3)oc2c1. The van der Waals surface area contributed by atoms with E-state index < -0.39 is 0 Å². The number of aromatic nitrogens is 3. The third kappa shape index (κ3) is 1.01. The smallest absolute Gasteiger partial charge is 0.222 e. The Hall–Kier alpha value is -2.10. The van der Waals surface area contributed by atoms with Crippen LogP contribution in [0.4, 0.5) is 0 Å². The Labute approximate surface area is 79.8 Å². The van der Waals surface area contributed by atoms with E-state index in [9.17, 15) is 0 Å². The standard InChI is InChI=1S/C10H7N3O/c1-3-9-8(11-4-1)7-10(14-9)13-6-2-5-12-13/h1-7H. The van der Waals surface area contributed by atoms with E-state index in [1.807, 2.05) is 30.5 Å². The van der Waals surface area contributed by atoms with Crippen molar-refractivity contribution in [1.82, 2.24) is 14.8 Å². The molecule has 3 heterocycles. The zero-order valence-electron chi connectivity index (χ0n) is 7.29. The van der Waals surface area contributed by atoms with Crippen LogP contribution in [0.25, 0.3) is 17.0 Å². The Bertz CT molecular complexity index is 521. The lowest BCUT2D eigenvalue weighted by molar-refractivity contribution is 0.559. The molecule has 3 rings (SSSR count). The molecular weight excluding hydrogens is 178 g/mol. The van der Waals surface area contributed by atoms with Crippen molar-refractivity contribution in [3.8, 4) is 5.88 Å². The fourth-order valence-electron chi connectivity index (χ4n) is 1.37. The Morgan fingerprint density at radius 2 is 2.21 bits per heavy atom. The molecule has 0 saturated heterocycles. The van der Waals surface area contributed by atoms with Crippen molar-refractivity contribution in [2.24, 2.45) is 0 Å². The molecule has 0 radical (unpaired) electrons. The van der Waals surface area contributed by atoms with Crippen molar-refractivity contribution >= 4 is 11.1 Å². The normalized spacial score (nSPS) is 10.9. The number of hydrogen-bond donors (Lipinski definition) is 0. The lowest BCUT2D eigenvalue weighted by Gasteiger charge is -1.91. The molecule has 0 fully saturated rings. The van der Waals surface area contributed by atoms with Crippen LogP contribution in [0.2, 0.25) is 0 Å². The lowest BCUT2D eigenvalue weighted by atomic mass is 10.4. The van der Waals surface area contributed by atoms with E-state index in [4.69, 9.17) is 4.42 Å². The zero-order chi connectivity index (χ0) is 9.38. The first-order chi connectivity index (χ1) is 6.93. The monoisotopic (exact) mass is 185 g/mol. The molecule has 0 unspecified atom stereocenters. The molecule has 3 aromatic rings. The van der Waals surface area contributed by atoms with E-state index in [0.717, 1.165) is 11.1 Å². The van der Waals surface area contributed by atoms with Crippen molar-refractivity contribution in [2.45, 2.75) is 0 Å². The molecule has 0 amide bonds. The molecular formula is C10H7N3O. The highest BCUT2D eigenvalue weighted by molar-refractivity contribution is 5.74. The maximum atomic E-state index is 5.55. The Kier molecular flexibility index (Phi) is 1.41. The molecule has 0 aromatic carbocycles. The highest BCUT2D eigenvalue weighted by atomic mass is 16.4. The summed E-state index contributed by atoms with van der Waals surface area (Å²) in [5, 5.41) is 4.08. The Balaban J connectivity index is 2.24. The minimum absolute atomic E-state index is 0.684. The molecule has 14 heavy (non-hydrogen) atoms. The second kappa shape index (κ2) is 2.70. The summed E-state index contributed by atoms with van der Waals surface area (Å²) in [4.78, 5) is 4.18. The predicted octanol–water partition coefficient (Wildman–Crippen LogP) is 2.01. The largest absolute Gasteiger partial charge is 0.437 e. The highest BCUT2D eigenvalue weighted by Gasteiger charge is 2.04. The van der Waals surface area contributed by atoms with Gasteiger partial charge in [0.1, 0.15) is 5.52 Å². The van der Waals surface area contributed by atoms with Gasteiger partial charge in [0.05, 0.1) is 0 Å². The molecule has 4 nitrogen and oxygen atoms in total. The topological polar surface area (TPSA) is 43.9 Å². The van der Waals surface area contributed by atoms with Crippen LogP contribution in [-0.4, -0.2) is 14.8 Å². The summed E-state index contributed by atoms with van der Waals surface area (Å²) in [6, 6.07) is 7.44. The van der Waals surface area contributed by atoms with Crippen molar-refractivity contribution in [3.05, 3.63) is 42.9 Å². The van der Waals surface area contributed by atoms with Gasteiger partial charge in [-0.1, -0.05) is 0 Å². The van der Waals surface area contributed by atoms with Gasteiger partial charge in [-0.25, -0.2) is 4.68 Å². The second-order valence-electron chi connectivity index (χ2n) is 2.92. The van der Waals surface area contributed by atoms with Crippen LogP contribution >= 0.6 is 0 Å². The lowest BCUT2D eigenvalue weighted by Crippen LogP contribution is -1.89. The van der Waals surface area contributed by atoms with Gasteiger partial charge in [0.15, 0.2) is 5.58 Å². The van der Waals surface area contributed by atoms with Crippen LogP contribution in [-0.2, 0) is 0 Å². The van der Waals surface area contributed by atoms with Crippen LogP contribution in [0.5, 0.6) is 0 Å². The van der Waals surface area contributed by atoms with Gasteiger partial charge in [0.2, 0.25) is 5.88 Å². The number of hydrogen-bond acceptors (Lipinski definition) is 3. The summed E-state index contributed by atoms with van der Waals surface area (Å²) in [5.41, 5.74) is 1.62. The third-order valence-electron chi connectivity index (χ3n) is 2.00. The average molecular weight is 185 g/mol. The van der Waals surface area contributed by atoms with Crippen LogP contribution < -0.4 is 0 Å². The number of fused-ring (bicyclic) bond motifs is 1. The quantitative estimate of drug-likeness (QED) is 0.582. The maximum Gasteiger partial charge on any atom is 0.222 e. The molecule has 0 aliphatic rings. The van der Waals surface area contributed by atoms with E-state index in [1.165, 1.54) is 0 Å². The van der Waals surface area contributed by atoms with Gasteiger partial charge in [-0.05, 0) is 18.2 Å². The van der Waals surface area contributed by atoms with E-state index in [1.54, 1.807) is 17.1 Å². The molecule has 4 heteroatoms. The van der Waals surface area contributed by atoms with E-state index in [2.05, 4.69) is 10.1 Å². The summed E-state index contributed by atoms with van der Waals surface area (Å²) in [6.07, 6.45) is 5.28. The van der Waals surface area contributed by atoms with Gasteiger partial charge in [0, 0.05) is 24.7 Å². The van der Waals surface area contributed by atoms with Gasteiger partial charge >= 0.3 is 0 Å². The summed E-state index contributed by atoms with van der Waals surface area (Å²) < 4.78 is 7.22. The van der Waals surface area contributed by atoms with Crippen molar-refractivity contribution < 1.29 is 4.42 Å². The molecule has 68 valence electrons. The minimum atomic E-state index is 0.684. The average Bonchev–Trinajstić information content (AvgIpc) is 2.86. The summed E-state index contributed by atoms with van der Waals surface area (Å²) in [5.74, 6) is 0.684. The van der Waals surface area contributed by atoms with E-state index >= 15 is 0 Å². The molecule has 0 N–H and O–H groups in total. The van der Waals surface area contributed by atoms with Crippen LogP contribution in [0.1, 0.15) is 0 Å². The van der Waals surface area contributed by atoms with Gasteiger partial charge in [0.25, 0.3) is 0 Å². The highest BCUT2D eigenvalue weighted by Crippen LogP contribution is 2.18. The Morgan fingerprint density at radius 1 is 1.21 bits per heavy atom. The number of furan rings is 1. The first-order valence-electron chi connectivity index (χ1n) is 4.28. The van der Waals surface area contributed by atoms with Crippen LogP contribution in [0, 0.1) is 0 Å². The summed E-state index contributed by atoms with van der Waals surface area (Å²) in [7, 11) is 0. The molecule has 0 bridgehead atoms. The van der Waals surface area contributed by atoms with Crippen molar-refractivity contribution in [3.63, 3.8) is 0 Å². The first kappa shape index (κ1) is 7.32. The van der Waals surface area contributed by atoms with Gasteiger partial charge in [-0.2, -0.15) is 5.10 Å². The minimum Gasteiger partial charge on any atom is -0.437 e. The fraction of sp³-hybridized carbons (Fsp3) is 0. The number of nitrogens with zero attached hydrogens (tertiary/aromatic N) is 3. The van der Waals surface area contributed by atoms with Crippen molar-refractivity contribution in [1.29, 1.82) is 0 Å². The number of rotatable bonds is 1. The van der Waals surface area contributed by atoms with Gasteiger partial charge < -0.3 is 4.42 Å². The molecule has 3 aromatic heterocycles. The van der Waals surface area contributed by atoms with Crippen molar-refractivity contribution in [2.75, 3.05) is 0 Å². The fourth-order valence-corrected chi connectivity index (χ4v) is 1.37. The molecule has 0 aliphatic carbocycles. The van der Waals surface area contributed by atoms with Crippen LogP contribution in [0.3, 0.4) is 0 Å². The summed E-state index contributed by atoms with van der Waals surface area (Å²) in [6.45, 7) is 0. The summed E-state index contributed by atoms with van der Waals surface area (Å²) >= 11 is 0. The Morgan fingerprint density at radius 3 is 3.00 bits per heavy atom. The maximum absolute atomic E-state index is 5.55. The van der Waals surface area contributed by atoms with E-state index in [-0.39, 0.29) is 0 Å². The zero-order valence-corrected chi connectivity index (χ0v) is 7.29. The first-order valence-corrected chi connectivity index (χ1v) is 4.28. The molecule has 0 spiro atoms. The molecule has 0 atom stereocenters. The second-order valence-corrected chi connectivity index (χ2v) is 2.92. The van der Waals surface area contributed by atoms with Crippen LogP contribution in [0.15, 0.2) is 47.3 Å². The molecule has 0 aliphatic heterocycles. The van der Waals surface area contributed by atoms with Gasteiger partial charge in [-0.15, -0.1) is 0 Å². The predicted molar refractivity (Wildman–Crippen MR) is 51.1 cm³/mol. The number of pyridine rings is 1. The third-order valence-corrected chi connectivity index (χ3v) is 2.00.